The van der Waals surface area contributed by atoms with Crippen molar-refractivity contribution in [1.29, 1.82) is 5.26 Å². The van der Waals surface area contributed by atoms with Crippen LogP contribution in [0.15, 0.2) is 18.2 Å². The molecule has 0 bridgehead atoms. The van der Waals surface area contributed by atoms with E-state index in [1.807, 2.05) is 25.1 Å². The molecule has 0 fully saturated rings. The normalized spacial score (nSPS) is 10.3. The Hall–Kier alpha value is -1.57. The van der Waals surface area contributed by atoms with Crippen LogP contribution in [0.2, 0.25) is 5.02 Å². The zero-order chi connectivity index (χ0) is 14.5. The lowest BCUT2D eigenvalue weighted by Gasteiger charge is -2.05. The lowest BCUT2D eigenvalue weighted by molar-refractivity contribution is 0.305. The molecule has 0 saturated carbocycles. The molecule has 2 rings (SSSR count). The molecule has 104 valence electrons. The van der Waals surface area contributed by atoms with Gasteiger partial charge in [-0.3, -0.25) is 0 Å². The lowest BCUT2D eigenvalue weighted by atomic mass is 10.2. The van der Waals surface area contributed by atoms with E-state index < -0.39 is 0 Å². The number of rotatable bonds is 5. The molecule has 0 amide bonds. The minimum Gasteiger partial charge on any atom is -0.486 e. The molecule has 0 unspecified atom stereocenters. The summed E-state index contributed by atoms with van der Waals surface area (Å²) in [5, 5.41) is 10.6. The van der Waals surface area contributed by atoms with E-state index in [2.05, 4.69) is 18.0 Å². The van der Waals surface area contributed by atoms with Crippen molar-refractivity contribution in [3.8, 4) is 11.8 Å². The van der Waals surface area contributed by atoms with Gasteiger partial charge in [0.15, 0.2) is 0 Å². The molecule has 3 nitrogen and oxygen atoms in total. The van der Waals surface area contributed by atoms with Gasteiger partial charge in [-0.1, -0.05) is 24.9 Å². The Morgan fingerprint density at radius 2 is 2.25 bits per heavy atom. The summed E-state index contributed by atoms with van der Waals surface area (Å²) in [5.74, 6) is 0.762. The number of ether oxygens (including phenoxy) is 1. The zero-order valence-electron chi connectivity index (χ0n) is 11.4. The molecule has 1 heterocycles. The van der Waals surface area contributed by atoms with Gasteiger partial charge in [0, 0.05) is 5.02 Å². The highest BCUT2D eigenvalue weighted by Crippen LogP contribution is 2.24. The fourth-order valence-corrected chi connectivity index (χ4v) is 2.75. The van der Waals surface area contributed by atoms with Gasteiger partial charge in [0.05, 0.1) is 5.69 Å². The first-order valence-electron chi connectivity index (χ1n) is 6.41. The van der Waals surface area contributed by atoms with Crippen molar-refractivity contribution < 1.29 is 4.74 Å². The summed E-state index contributed by atoms with van der Waals surface area (Å²) in [4.78, 5) is 5.16. The van der Waals surface area contributed by atoms with Crippen molar-refractivity contribution in [3.05, 3.63) is 44.4 Å². The van der Waals surface area contributed by atoms with Gasteiger partial charge in [0.1, 0.15) is 28.3 Å². The second-order valence-corrected chi connectivity index (χ2v) is 5.94. The molecule has 5 heteroatoms. The Bertz CT molecular complexity index is 646. The third-order valence-electron chi connectivity index (χ3n) is 2.82. The minimum absolute atomic E-state index is 0.379. The van der Waals surface area contributed by atoms with Crippen molar-refractivity contribution in [2.75, 3.05) is 0 Å². The quantitative estimate of drug-likeness (QED) is 0.816. The monoisotopic (exact) mass is 306 g/mol. The van der Waals surface area contributed by atoms with E-state index in [1.165, 1.54) is 11.3 Å². The van der Waals surface area contributed by atoms with Crippen molar-refractivity contribution in [2.24, 2.45) is 0 Å². The Kier molecular flexibility index (Phi) is 4.99. The molecule has 0 atom stereocenters. The van der Waals surface area contributed by atoms with Crippen LogP contribution in [0, 0.1) is 18.3 Å². The van der Waals surface area contributed by atoms with Crippen LogP contribution in [-0.4, -0.2) is 4.98 Å². The number of aryl methyl sites for hydroxylation is 2. The number of aromatic nitrogens is 1. The van der Waals surface area contributed by atoms with Gasteiger partial charge in [0.2, 0.25) is 0 Å². The van der Waals surface area contributed by atoms with Gasteiger partial charge in [0.25, 0.3) is 0 Å². The molecule has 0 radical (unpaired) electrons. The Morgan fingerprint density at radius 1 is 1.45 bits per heavy atom. The molecule has 0 spiro atoms. The maximum absolute atomic E-state index is 9.08. The van der Waals surface area contributed by atoms with Gasteiger partial charge in [-0.05, 0) is 37.1 Å². The fraction of sp³-hybridized carbons (Fsp3) is 0.333. The van der Waals surface area contributed by atoms with Crippen LogP contribution in [0.25, 0.3) is 0 Å². The number of thiazole rings is 1. The molecule has 20 heavy (non-hydrogen) atoms. The van der Waals surface area contributed by atoms with E-state index in [0.717, 1.165) is 39.9 Å². The molecule has 2 aromatic rings. The van der Waals surface area contributed by atoms with E-state index in [-0.39, 0.29) is 0 Å². The zero-order valence-corrected chi connectivity index (χ0v) is 13.0. The first-order valence-corrected chi connectivity index (χ1v) is 7.61. The number of halogens is 1. The smallest absolute Gasteiger partial charge is 0.140 e. The Labute approximate surface area is 127 Å². The summed E-state index contributed by atoms with van der Waals surface area (Å²) >= 11 is 7.38. The van der Waals surface area contributed by atoms with E-state index in [9.17, 15) is 0 Å². The van der Waals surface area contributed by atoms with Crippen LogP contribution in [0.5, 0.6) is 5.75 Å². The highest BCUT2D eigenvalue weighted by atomic mass is 35.5. The van der Waals surface area contributed by atoms with Crippen LogP contribution in [-0.2, 0) is 13.0 Å². The van der Waals surface area contributed by atoms with Crippen LogP contribution in [0.4, 0.5) is 0 Å². The van der Waals surface area contributed by atoms with Gasteiger partial charge >= 0.3 is 0 Å². The Balaban J connectivity index is 2.07. The van der Waals surface area contributed by atoms with Crippen molar-refractivity contribution >= 4 is 22.9 Å². The summed E-state index contributed by atoms with van der Waals surface area (Å²) < 4.78 is 5.70. The van der Waals surface area contributed by atoms with Crippen molar-refractivity contribution in [1.82, 2.24) is 4.98 Å². The molecule has 0 aliphatic heterocycles. The largest absolute Gasteiger partial charge is 0.486 e. The summed E-state index contributed by atoms with van der Waals surface area (Å²) in [5.41, 5.74) is 1.86. The first-order chi connectivity index (χ1) is 9.63. The van der Waals surface area contributed by atoms with Crippen LogP contribution >= 0.6 is 22.9 Å². The average molecular weight is 307 g/mol. The molecule has 1 aromatic carbocycles. The average Bonchev–Trinajstić information content (AvgIpc) is 2.83. The van der Waals surface area contributed by atoms with Crippen LogP contribution < -0.4 is 4.74 Å². The molecule has 0 aliphatic rings. The van der Waals surface area contributed by atoms with E-state index in [4.69, 9.17) is 21.6 Å². The summed E-state index contributed by atoms with van der Waals surface area (Å²) in [7, 11) is 0. The first kappa shape index (κ1) is 14.8. The number of hydrogen-bond acceptors (Lipinski definition) is 4. The number of hydrogen-bond donors (Lipinski definition) is 0. The maximum atomic E-state index is 9.08. The molecule has 1 aromatic heterocycles. The second-order valence-electron chi connectivity index (χ2n) is 4.44. The van der Waals surface area contributed by atoms with Crippen molar-refractivity contribution in [2.45, 2.75) is 33.3 Å². The third-order valence-corrected chi connectivity index (χ3v) is 4.22. The van der Waals surface area contributed by atoms with Gasteiger partial charge in [-0.25, -0.2) is 4.98 Å². The standard InChI is InChI=1S/C15H15ClN2OS/c1-3-4-13-14(8-17)20-15(18-13)9-19-11-5-6-12(16)10(2)7-11/h5-7H,3-4,9H2,1-2H3. The highest BCUT2D eigenvalue weighted by Gasteiger charge is 2.10. The third kappa shape index (κ3) is 3.50. The van der Waals surface area contributed by atoms with Gasteiger partial charge in [-0.15, -0.1) is 11.3 Å². The van der Waals surface area contributed by atoms with E-state index in [1.54, 1.807) is 0 Å². The molecule has 0 saturated heterocycles. The molecular weight excluding hydrogens is 292 g/mol. The summed E-state index contributed by atoms with van der Waals surface area (Å²) in [6.07, 6.45) is 1.81. The predicted molar refractivity (Wildman–Crippen MR) is 81.3 cm³/mol. The lowest BCUT2D eigenvalue weighted by Crippen LogP contribution is -1.96. The minimum atomic E-state index is 0.379. The van der Waals surface area contributed by atoms with Crippen LogP contribution in [0.1, 0.15) is 34.5 Å². The number of nitriles is 1. The molecular formula is C15H15ClN2OS. The summed E-state index contributed by atoms with van der Waals surface area (Å²) in [6.45, 7) is 4.39. The molecule has 0 aliphatic carbocycles. The van der Waals surface area contributed by atoms with Gasteiger partial charge in [-0.2, -0.15) is 5.26 Å². The van der Waals surface area contributed by atoms with Gasteiger partial charge < -0.3 is 4.74 Å². The topological polar surface area (TPSA) is 45.9 Å². The number of benzene rings is 1. The SMILES string of the molecule is CCCc1nc(COc2ccc(Cl)c(C)c2)sc1C#N. The second kappa shape index (κ2) is 6.74. The number of nitrogens with zero attached hydrogens (tertiary/aromatic N) is 2. The fourth-order valence-electron chi connectivity index (χ4n) is 1.81. The van der Waals surface area contributed by atoms with E-state index in [0.29, 0.717) is 11.5 Å². The van der Waals surface area contributed by atoms with Crippen LogP contribution in [0.3, 0.4) is 0 Å². The van der Waals surface area contributed by atoms with Crippen molar-refractivity contribution in [3.63, 3.8) is 0 Å². The molecule has 0 N–H and O–H groups in total. The summed E-state index contributed by atoms with van der Waals surface area (Å²) in [6, 6.07) is 7.75. The van der Waals surface area contributed by atoms with E-state index >= 15 is 0 Å². The predicted octanol–water partition coefficient (Wildman–Crippen LogP) is 4.51. The Morgan fingerprint density at radius 3 is 2.90 bits per heavy atom. The maximum Gasteiger partial charge on any atom is 0.140 e. The highest BCUT2D eigenvalue weighted by molar-refractivity contribution is 7.12.